The van der Waals surface area contributed by atoms with Gasteiger partial charge in [0.2, 0.25) is 11.9 Å². The summed E-state index contributed by atoms with van der Waals surface area (Å²) in [6.07, 6.45) is 4.04. The minimum Gasteiger partial charge on any atom is -0.489 e. The summed E-state index contributed by atoms with van der Waals surface area (Å²) in [4.78, 5) is 24.9. The molecule has 2 aromatic rings. The van der Waals surface area contributed by atoms with Crippen LogP contribution in [0.25, 0.3) is 0 Å². The van der Waals surface area contributed by atoms with Crippen LogP contribution in [0.3, 0.4) is 0 Å². The number of ether oxygens (including phenoxy) is 1. The molecule has 1 aliphatic rings. The fourth-order valence-electron chi connectivity index (χ4n) is 3.80. The largest absolute Gasteiger partial charge is 0.489 e. The van der Waals surface area contributed by atoms with E-state index in [0.717, 1.165) is 61.1 Å². The Bertz CT molecular complexity index is 855. The van der Waals surface area contributed by atoms with E-state index in [2.05, 4.69) is 33.9 Å². The Kier molecular flexibility index (Phi) is 7.13. The van der Waals surface area contributed by atoms with Crippen LogP contribution in [-0.2, 0) is 4.79 Å². The van der Waals surface area contributed by atoms with Crippen LogP contribution in [0.15, 0.2) is 30.5 Å². The van der Waals surface area contributed by atoms with Gasteiger partial charge < -0.3 is 19.9 Å². The van der Waals surface area contributed by atoms with E-state index >= 15 is 0 Å². The molecule has 1 aromatic heterocycles. The van der Waals surface area contributed by atoms with Crippen LogP contribution >= 0.6 is 0 Å². The van der Waals surface area contributed by atoms with Gasteiger partial charge in [0.15, 0.2) is 0 Å². The van der Waals surface area contributed by atoms with E-state index in [4.69, 9.17) is 9.72 Å². The minimum absolute atomic E-state index is 0.0145. The van der Waals surface area contributed by atoms with Gasteiger partial charge >= 0.3 is 0 Å². The SMILES string of the molecule is CCCN(C)c1ncc(C)c(N2CC[C@@H](Oc3ccc([C@H](C)NC(C)=O)cc3)C2)n1. The van der Waals surface area contributed by atoms with Gasteiger partial charge in [-0.1, -0.05) is 19.1 Å². The summed E-state index contributed by atoms with van der Waals surface area (Å²) in [5.74, 6) is 2.58. The molecular weight excluding hydrogens is 378 g/mol. The third kappa shape index (κ3) is 5.40. The summed E-state index contributed by atoms with van der Waals surface area (Å²) in [6.45, 7) is 10.4. The minimum atomic E-state index is -0.0297. The second kappa shape index (κ2) is 9.78. The van der Waals surface area contributed by atoms with Crippen molar-refractivity contribution in [2.45, 2.75) is 52.7 Å². The number of amides is 1. The lowest BCUT2D eigenvalue weighted by Crippen LogP contribution is -2.27. The summed E-state index contributed by atoms with van der Waals surface area (Å²) >= 11 is 0. The highest BCUT2D eigenvalue weighted by Crippen LogP contribution is 2.26. The van der Waals surface area contributed by atoms with E-state index in [1.165, 1.54) is 6.92 Å². The Morgan fingerprint density at radius 2 is 2.10 bits per heavy atom. The Hall–Kier alpha value is -2.83. The van der Waals surface area contributed by atoms with E-state index in [-0.39, 0.29) is 18.1 Å². The average Bonchev–Trinajstić information content (AvgIpc) is 3.16. The first-order chi connectivity index (χ1) is 14.4. The van der Waals surface area contributed by atoms with Crippen LogP contribution in [0, 0.1) is 6.92 Å². The Morgan fingerprint density at radius 1 is 1.37 bits per heavy atom. The van der Waals surface area contributed by atoms with E-state index in [1.54, 1.807) is 0 Å². The van der Waals surface area contributed by atoms with Gasteiger partial charge in [-0.2, -0.15) is 4.98 Å². The maximum Gasteiger partial charge on any atom is 0.227 e. The second-order valence-electron chi connectivity index (χ2n) is 8.06. The second-order valence-corrected chi connectivity index (χ2v) is 8.06. The van der Waals surface area contributed by atoms with Gasteiger partial charge in [0.25, 0.3) is 0 Å². The molecule has 1 amide bonds. The summed E-state index contributed by atoms with van der Waals surface area (Å²) in [5, 5.41) is 2.90. The standard InChI is InChI=1S/C23H33N5O2/c1-6-12-27(5)23-24-14-16(2)22(26-23)28-13-11-21(15-28)30-20-9-7-19(8-10-20)17(3)25-18(4)29/h7-10,14,17,21H,6,11-13,15H2,1-5H3,(H,25,29)/t17-,21+/m0/s1. The summed E-state index contributed by atoms with van der Waals surface area (Å²) in [6, 6.07) is 7.95. The van der Waals surface area contributed by atoms with Crippen LogP contribution in [0.2, 0.25) is 0 Å². The predicted molar refractivity (Wildman–Crippen MR) is 120 cm³/mol. The van der Waals surface area contributed by atoms with Gasteiger partial charge in [0.1, 0.15) is 17.7 Å². The van der Waals surface area contributed by atoms with E-state index in [9.17, 15) is 4.79 Å². The van der Waals surface area contributed by atoms with Gasteiger partial charge in [-0.25, -0.2) is 4.98 Å². The molecule has 0 saturated carbocycles. The number of aromatic nitrogens is 2. The smallest absolute Gasteiger partial charge is 0.227 e. The Labute approximate surface area is 179 Å². The van der Waals surface area contributed by atoms with Crippen molar-refractivity contribution in [3.05, 3.63) is 41.6 Å². The summed E-state index contributed by atoms with van der Waals surface area (Å²) in [5.41, 5.74) is 2.14. The lowest BCUT2D eigenvalue weighted by atomic mass is 10.1. The molecule has 3 rings (SSSR count). The topological polar surface area (TPSA) is 70.6 Å². The number of nitrogens with zero attached hydrogens (tertiary/aromatic N) is 4. The molecule has 0 spiro atoms. The zero-order valence-corrected chi connectivity index (χ0v) is 18.7. The summed E-state index contributed by atoms with van der Waals surface area (Å²) in [7, 11) is 2.03. The molecule has 1 saturated heterocycles. The molecular formula is C23H33N5O2. The monoisotopic (exact) mass is 411 g/mol. The predicted octanol–water partition coefficient (Wildman–Crippen LogP) is 3.49. The maximum absolute atomic E-state index is 11.2. The molecule has 1 N–H and O–H groups in total. The van der Waals surface area contributed by atoms with Crippen LogP contribution in [0.1, 0.15) is 50.8 Å². The van der Waals surface area contributed by atoms with Crippen molar-refractivity contribution in [1.82, 2.24) is 15.3 Å². The fourth-order valence-corrected chi connectivity index (χ4v) is 3.80. The molecule has 0 aliphatic carbocycles. The number of benzene rings is 1. The van der Waals surface area contributed by atoms with Gasteiger partial charge in [-0.05, 0) is 38.0 Å². The molecule has 0 bridgehead atoms. The highest BCUT2D eigenvalue weighted by Gasteiger charge is 2.26. The van der Waals surface area contributed by atoms with Gasteiger partial charge in [-0.3, -0.25) is 4.79 Å². The number of hydrogen-bond donors (Lipinski definition) is 1. The number of aryl methyl sites for hydroxylation is 1. The van der Waals surface area contributed by atoms with E-state index < -0.39 is 0 Å². The quantitative estimate of drug-likeness (QED) is 0.717. The molecule has 1 aromatic carbocycles. The first kappa shape index (κ1) is 21.9. The highest BCUT2D eigenvalue weighted by molar-refractivity contribution is 5.73. The molecule has 2 heterocycles. The Balaban J connectivity index is 1.62. The molecule has 162 valence electrons. The molecule has 7 nitrogen and oxygen atoms in total. The van der Waals surface area contributed by atoms with Crippen molar-refractivity contribution in [2.24, 2.45) is 0 Å². The lowest BCUT2D eigenvalue weighted by Gasteiger charge is -2.23. The molecule has 2 atom stereocenters. The zero-order valence-electron chi connectivity index (χ0n) is 18.7. The number of nitrogens with one attached hydrogen (secondary N) is 1. The molecule has 30 heavy (non-hydrogen) atoms. The lowest BCUT2D eigenvalue weighted by molar-refractivity contribution is -0.119. The van der Waals surface area contributed by atoms with Crippen molar-refractivity contribution in [3.63, 3.8) is 0 Å². The van der Waals surface area contributed by atoms with Crippen molar-refractivity contribution in [3.8, 4) is 5.75 Å². The first-order valence-corrected chi connectivity index (χ1v) is 10.7. The highest BCUT2D eigenvalue weighted by atomic mass is 16.5. The third-order valence-electron chi connectivity index (χ3n) is 5.38. The zero-order chi connectivity index (χ0) is 21.7. The van der Waals surface area contributed by atoms with Crippen molar-refractivity contribution < 1.29 is 9.53 Å². The van der Waals surface area contributed by atoms with Crippen molar-refractivity contribution in [1.29, 1.82) is 0 Å². The number of carbonyl (C=O) groups is 1. The van der Waals surface area contributed by atoms with Gasteiger partial charge in [0.05, 0.1) is 12.6 Å². The number of carbonyl (C=O) groups excluding carboxylic acids is 1. The molecule has 0 unspecified atom stereocenters. The molecule has 1 fully saturated rings. The number of hydrogen-bond acceptors (Lipinski definition) is 6. The molecule has 0 radical (unpaired) electrons. The average molecular weight is 412 g/mol. The van der Waals surface area contributed by atoms with Gasteiger partial charge in [0, 0.05) is 45.2 Å². The number of anilines is 2. The normalized spacial score (nSPS) is 17.0. The van der Waals surface area contributed by atoms with Crippen LogP contribution < -0.4 is 19.9 Å². The molecule has 7 heteroatoms. The van der Waals surface area contributed by atoms with E-state index in [1.807, 2.05) is 44.4 Å². The summed E-state index contributed by atoms with van der Waals surface area (Å²) < 4.78 is 6.22. The van der Waals surface area contributed by atoms with Crippen LogP contribution in [0.4, 0.5) is 11.8 Å². The first-order valence-electron chi connectivity index (χ1n) is 10.7. The fraction of sp³-hybridized carbons (Fsp3) is 0.522. The van der Waals surface area contributed by atoms with Crippen molar-refractivity contribution in [2.75, 3.05) is 36.5 Å². The van der Waals surface area contributed by atoms with Crippen LogP contribution in [0.5, 0.6) is 5.75 Å². The van der Waals surface area contributed by atoms with Gasteiger partial charge in [-0.15, -0.1) is 0 Å². The van der Waals surface area contributed by atoms with Crippen molar-refractivity contribution >= 4 is 17.7 Å². The third-order valence-corrected chi connectivity index (χ3v) is 5.38. The van der Waals surface area contributed by atoms with Crippen LogP contribution in [-0.4, -0.2) is 48.7 Å². The number of rotatable bonds is 8. The maximum atomic E-state index is 11.2. The molecule has 1 aliphatic heterocycles. The Morgan fingerprint density at radius 3 is 2.77 bits per heavy atom. The van der Waals surface area contributed by atoms with E-state index in [0.29, 0.717) is 0 Å².